The van der Waals surface area contributed by atoms with Crippen LogP contribution in [-0.4, -0.2) is 39.1 Å². The van der Waals surface area contributed by atoms with Crippen LogP contribution in [0.5, 0.6) is 0 Å². The number of hydrogen-bond donors (Lipinski definition) is 1. The molecule has 2 aromatic heterocycles. The number of nitrogens with zero attached hydrogens (tertiary/aromatic N) is 4. The van der Waals surface area contributed by atoms with Crippen molar-refractivity contribution in [3.8, 4) is 0 Å². The van der Waals surface area contributed by atoms with Crippen LogP contribution >= 0.6 is 0 Å². The van der Waals surface area contributed by atoms with Crippen molar-refractivity contribution in [2.24, 2.45) is 11.7 Å². The van der Waals surface area contributed by atoms with Gasteiger partial charge in [-0.05, 0) is 37.9 Å². The summed E-state index contributed by atoms with van der Waals surface area (Å²) in [6.45, 7) is 6.31. The van der Waals surface area contributed by atoms with Gasteiger partial charge in [-0.15, -0.1) is 0 Å². The lowest BCUT2D eigenvalue weighted by Gasteiger charge is -2.31. The summed E-state index contributed by atoms with van der Waals surface area (Å²) in [4.78, 5) is 7.20. The molecule has 2 N–H and O–H groups in total. The maximum Gasteiger partial charge on any atom is 0.160 e. The van der Waals surface area contributed by atoms with Crippen molar-refractivity contribution >= 4 is 5.65 Å². The number of likely N-dealkylation sites (tertiary alicyclic amines) is 1. The number of rotatable bonds is 4. The molecule has 1 saturated heterocycles. The van der Waals surface area contributed by atoms with Gasteiger partial charge in [0.25, 0.3) is 0 Å². The van der Waals surface area contributed by atoms with E-state index in [4.69, 9.17) is 5.73 Å². The predicted molar refractivity (Wildman–Crippen MR) is 79.4 cm³/mol. The smallest absolute Gasteiger partial charge is 0.160 e. The van der Waals surface area contributed by atoms with Crippen LogP contribution in [0, 0.1) is 5.92 Å². The van der Waals surface area contributed by atoms with E-state index in [0.717, 1.165) is 30.0 Å². The fourth-order valence-corrected chi connectivity index (χ4v) is 3.11. The molecule has 3 rings (SSSR count). The summed E-state index contributed by atoms with van der Waals surface area (Å²) in [7, 11) is 0. The third kappa shape index (κ3) is 2.69. The number of fused-ring (bicyclic) bond motifs is 1. The summed E-state index contributed by atoms with van der Waals surface area (Å²) in [5.74, 6) is 1.64. The van der Waals surface area contributed by atoms with Gasteiger partial charge in [0.2, 0.25) is 0 Å². The van der Waals surface area contributed by atoms with Crippen molar-refractivity contribution in [1.82, 2.24) is 19.5 Å². The summed E-state index contributed by atoms with van der Waals surface area (Å²) in [5, 5.41) is 4.60. The van der Waals surface area contributed by atoms with Gasteiger partial charge >= 0.3 is 0 Å². The minimum Gasteiger partial charge on any atom is -0.326 e. The van der Waals surface area contributed by atoms with Crippen LogP contribution in [0.3, 0.4) is 0 Å². The molecule has 3 heterocycles. The first-order valence-corrected chi connectivity index (χ1v) is 7.55. The molecule has 0 aliphatic carbocycles. The van der Waals surface area contributed by atoms with Crippen LogP contribution in [0.25, 0.3) is 5.65 Å². The van der Waals surface area contributed by atoms with E-state index in [1.807, 2.05) is 22.8 Å². The van der Waals surface area contributed by atoms with Crippen LogP contribution in [0.1, 0.15) is 31.2 Å². The third-order valence-corrected chi connectivity index (χ3v) is 4.23. The highest BCUT2D eigenvalue weighted by atomic mass is 15.3. The minimum absolute atomic E-state index is 0.509. The van der Waals surface area contributed by atoms with Gasteiger partial charge in [-0.25, -0.2) is 9.50 Å². The van der Waals surface area contributed by atoms with Gasteiger partial charge in [0.1, 0.15) is 0 Å². The SMILES string of the molecule is CCN1CCCC(Cc2nc3c(CN)cccn3n2)C1. The fourth-order valence-electron chi connectivity index (χ4n) is 3.11. The van der Waals surface area contributed by atoms with E-state index in [1.54, 1.807) is 0 Å². The van der Waals surface area contributed by atoms with E-state index in [9.17, 15) is 0 Å². The van der Waals surface area contributed by atoms with Gasteiger partial charge in [-0.1, -0.05) is 13.0 Å². The van der Waals surface area contributed by atoms with Gasteiger partial charge < -0.3 is 10.6 Å². The molecule has 1 atom stereocenters. The largest absolute Gasteiger partial charge is 0.326 e. The summed E-state index contributed by atoms with van der Waals surface area (Å²) in [5.41, 5.74) is 7.73. The first kappa shape index (κ1) is 13.5. The first-order valence-electron chi connectivity index (χ1n) is 7.55. The average molecular weight is 273 g/mol. The molecule has 0 aromatic carbocycles. The molecular weight excluding hydrogens is 250 g/mol. The van der Waals surface area contributed by atoms with E-state index in [0.29, 0.717) is 12.5 Å². The average Bonchev–Trinajstić information content (AvgIpc) is 2.89. The predicted octanol–water partition coefficient (Wildman–Crippen LogP) is 1.46. The summed E-state index contributed by atoms with van der Waals surface area (Å²) in [6.07, 6.45) is 5.50. The third-order valence-electron chi connectivity index (χ3n) is 4.23. The molecule has 108 valence electrons. The molecule has 1 aliphatic rings. The second kappa shape index (κ2) is 5.89. The van der Waals surface area contributed by atoms with Crippen LogP contribution in [0.2, 0.25) is 0 Å². The van der Waals surface area contributed by atoms with E-state index < -0.39 is 0 Å². The topological polar surface area (TPSA) is 59.5 Å². The lowest BCUT2D eigenvalue weighted by Crippen LogP contribution is -2.36. The van der Waals surface area contributed by atoms with Gasteiger partial charge in [0.15, 0.2) is 11.5 Å². The van der Waals surface area contributed by atoms with Crippen LogP contribution in [0.15, 0.2) is 18.3 Å². The Labute approximate surface area is 119 Å². The lowest BCUT2D eigenvalue weighted by atomic mass is 9.94. The van der Waals surface area contributed by atoms with Crippen molar-refractivity contribution in [3.63, 3.8) is 0 Å². The Kier molecular flexibility index (Phi) is 3.98. The lowest BCUT2D eigenvalue weighted by molar-refractivity contribution is 0.181. The van der Waals surface area contributed by atoms with Crippen molar-refractivity contribution in [1.29, 1.82) is 0 Å². The maximum absolute atomic E-state index is 5.76. The van der Waals surface area contributed by atoms with Crippen molar-refractivity contribution in [3.05, 3.63) is 29.7 Å². The molecule has 0 bridgehead atoms. The Morgan fingerprint density at radius 2 is 2.35 bits per heavy atom. The number of pyridine rings is 1. The Morgan fingerprint density at radius 1 is 1.45 bits per heavy atom. The minimum atomic E-state index is 0.509. The quantitative estimate of drug-likeness (QED) is 0.916. The Bertz CT molecular complexity index is 577. The van der Waals surface area contributed by atoms with E-state index >= 15 is 0 Å². The van der Waals surface area contributed by atoms with Crippen LogP contribution in [0.4, 0.5) is 0 Å². The van der Waals surface area contributed by atoms with Gasteiger partial charge in [-0.2, -0.15) is 5.10 Å². The van der Waals surface area contributed by atoms with Gasteiger partial charge in [0.05, 0.1) is 0 Å². The molecular formula is C15H23N5. The molecule has 1 aliphatic heterocycles. The molecule has 5 nitrogen and oxygen atoms in total. The molecule has 5 heteroatoms. The Hall–Kier alpha value is -1.46. The summed E-state index contributed by atoms with van der Waals surface area (Å²) < 4.78 is 1.86. The zero-order valence-corrected chi connectivity index (χ0v) is 12.1. The Balaban J connectivity index is 1.77. The number of piperidine rings is 1. The van der Waals surface area contributed by atoms with E-state index in [-0.39, 0.29) is 0 Å². The maximum atomic E-state index is 5.76. The number of nitrogens with two attached hydrogens (primary N) is 1. The highest BCUT2D eigenvalue weighted by Crippen LogP contribution is 2.20. The molecule has 2 aromatic rings. The summed E-state index contributed by atoms with van der Waals surface area (Å²) in [6, 6.07) is 4.00. The number of aromatic nitrogens is 3. The summed E-state index contributed by atoms with van der Waals surface area (Å²) >= 11 is 0. The zero-order chi connectivity index (χ0) is 13.9. The normalized spacial score (nSPS) is 20.6. The first-order chi connectivity index (χ1) is 9.80. The van der Waals surface area contributed by atoms with Gasteiger partial charge in [-0.3, -0.25) is 0 Å². The highest BCUT2D eigenvalue weighted by Gasteiger charge is 2.20. The van der Waals surface area contributed by atoms with Crippen molar-refractivity contribution < 1.29 is 0 Å². The molecule has 1 fully saturated rings. The Morgan fingerprint density at radius 3 is 3.15 bits per heavy atom. The second-order valence-corrected chi connectivity index (χ2v) is 5.64. The monoisotopic (exact) mass is 273 g/mol. The molecule has 0 amide bonds. The number of hydrogen-bond acceptors (Lipinski definition) is 4. The molecule has 0 saturated carbocycles. The molecule has 0 spiro atoms. The van der Waals surface area contributed by atoms with E-state index in [1.165, 1.54) is 25.9 Å². The van der Waals surface area contributed by atoms with Crippen LogP contribution in [-0.2, 0) is 13.0 Å². The van der Waals surface area contributed by atoms with Gasteiger partial charge in [0, 0.05) is 31.3 Å². The van der Waals surface area contributed by atoms with E-state index in [2.05, 4.69) is 21.9 Å². The highest BCUT2D eigenvalue weighted by molar-refractivity contribution is 5.46. The van der Waals surface area contributed by atoms with Crippen molar-refractivity contribution in [2.75, 3.05) is 19.6 Å². The van der Waals surface area contributed by atoms with Crippen LogP contribution < -0.4 is 5.73 Å². The molecule has 0 radical (unpaired) electrons. The van der Waals surface area contributed by atoms with Crippen molar-refractivity contribution in [2.45, 2.75) is 32.7 Å². The molecule has 1 unspecified atom stereocenters. The standard InChI is InChI=1S/C15H23N5/c1-2-19-7-3-5-12(11-19)9-14-17-15-13(10-16)6-4-8-20(15)18-14/h4,6,8,12H,2-3,5,7,9-11,16H2,1H3. The second-order valence-electron chi connectivity index (χ2n) is 5.64. The zero-order valence-electron chi connectivity index (χ0n) is 12.1. The fraction of sp³-hybridized carbons (Fsp3) is 0.600. The molecule has 20 heavy (non-hydrogen) atoms.